The number of carbonyl (C=O) groups excluding carboxylic acids is 1. The summed E-state index contributed by atoms with van der Waals surface area (Å²) in [5, 5.41) is 11.5. The minimum Gasteiger partial charge on any atom is -0.464 e. The third-order valence-electron chi connectivity index (χ3n) is 5.03. The number of benzene rings is 2. The molecule has 31 heavy (non-hydrogen) atoms. The number of para-hydroxylation sites is 1. The van der Waals surface area contributed by atoms with E-state index in [1.54, 1.807) is 32.0 Å². The predicted molar refractivity (Wildman–Crippen MR) is 119 cm³/mol. The van der Waals surface area contributed by atoms with E-state index in [1.807, 2.05) is 37.4 Å². The van der Waals surface area contributed by atoms with Crippen LogP contribution in [0.1, 0.15) is 25.0 Å². The van der Waals surface area contributed by atoms with Crippen molar-refractivity contribution in [2.75, 3.05) is 20.2 Å². The fraction of sp³-hybridized carbons (Fsp3) is 0.348. The number of esters is 1. The van der Waals surface area contributed by atoms with E-state index in [4.69, 9.17) is 4.74 Å². The van der Waals surface area contributed by atoms with Gasteiger partial charge in [0.2, 0.25) is 0 Å². The Bertz CT molecular complexity index is 1000. The molecule has 1 aliphatic heterocycles. The molecule has 0 bridgehead atoms. The maximum atomic E-state index is 12.9. The van der Waals surface area contributed by atoms with E-state index in [0.29, 0.717) is 23.5 Å². The van der Waals surface area contributed by atoms with E-state index < -0.39 is 23.0 Å². The lowest BCUT2D eigenvalue weighted by Crippen LogP contribution is -2.38. The summed E-state index contributed by atoms with van der Waals surface area (Å²) in [5.74, 6) is -1.37. The van der Waals surface area contributed by atoms with E-state index in [-0.39, 0.29) is 12.3 Å². The Morgan fingerprint density at radius 3 is 2.52 bits per heavy atom. The number of nitrogens with zero attached hydrogens (tertiary/aromatic N) is 4. The molecule has 2 unspecified atom stereocenters. The summed E-state index contributed by atoms with van der Waals surface area (Å²) in [6.07, 6.45) is -0.420. The maximum absolute atomic E-state index is 12.9. The highest BCUT2D eigenvalue weighted by Crippen LogP contribution is 2.26. The van der Waals surface area contributed by atoms with Gasteiger partial charge >= 0.3 is 5.97 Å². The molecule has 8 heteroatoms. The van der Waals surface area contributed by atoms with Crippen molar-refractivity contribution in [3.63, 3.8) is 0 Å². The van der Waals surface area contributed by atoms with Crippen LogP contribution in [0.25, 0.3) is 0 Å². The molecule has 2 atom stereocenters. The number of likely N-dealkylation sites (N-methyl/N-ethyl adjacent to an activating group) is 1. The first-order chi connectivity index (χ1) is 14.9. The first-order valence-corrected chi connectivity index (χ1v) is 10.1. The summed E-state index contributed by atoms with van der Waals surface area (Å²) >= 11 is 0. The molecule has 0 saturated carbocycles. The molecule has 2 aromatic carbocycles. The number of aliphatic imine (C=N–C) groups is 2. The van der Waals surface area contributed by atoms with Gasteiger partial charge in [-0.25, -0.2) is 0 Å². The molecule has 0 saturated heterocycles. The second-order valence-corrected chi connectivity index (χ2v) is 7.51. The van der Waals surface area contributed by atoms with Crippen LogP contribution < -0.4 is 0 Å². The van der Waals surface area contributed by atoms with Crippen molar-refractivity contribution in [1.29, 1.82) is 0 Å². The molecule has 0 fully saturated rings. The van der Waals surface area contributed by atoms with Gasteiger partial charge < -0.3 is 4.74 Å². The van der Waals surface area contributed by atoms with Gasteiger partial charge in [0.15, 0.2) is 0 Å². The van der Waals surface area contributed by atoms with Gasteiger partial charge in [0.25, 0.3) is 5.69 Å². The minimum absolute atomic E-state index is 0.0939. The Balaban J connectivity index is 1.70. The lowest BCUT2D eigenvalue weighted by Gasteiger charge is -2.24. The molecule has 3 rings (SSSR count). The second-order valence-electron chi connectivity index (χ2n) is 7.51. The van der Waals surface area contributed by atoms with Gasteiger partial charge in [0.1, 0.15) is 18.7 Å². The maximum Gasteiger partial charge on any atom is 0.320 e. The van der Waals surface area contributed by atoms with E-state index >= 15 is 0 Å². The standard InChI is InChI=1S/C23H26N4O4/c1-16-21(23(28)31-14-13-26(3)15-18-9-5-4-6-10-18)22(25-17(2)24-16)19-11-7-8-12-20(19)27(29)30/h4-12,17,21H,13-15H2,1-3H3. The Hall–Kier alpha value is -3.39. The van der Waals surface area contributed by atoms with Crippen molar-refractivity contribution in [2.45, 2.75) is 26.6 Å². The zero-order valence-corrected chi connectivity index (χ0v) is 17.9. The number of hydrogen-bond donors (Lipinski definition) is 0. The number of rotatable bonds is 8. The highest BCUT2D eigenvalue weighted by molar-refractivity contribution is 6.27. The zero-order chi connectivity index (χ0) is 22.4. The third-order valence-corrected chi connectivity index (χ3v) is 5.03. The number of carbonyl (C=O) groups is 1. The summed E-state index contributed by atoms with van der Waals surface area (Å²) < 4.78 is 5.54. The second kappa shape index (κ2) is 10.1. The van der Waals surface area contributed by atoms with E-state index in [1.165, 1.54) is 11.6 Å². The molecule has 0 spiro atoms. The molecule has 0 aromatic heterocycles. The predicted octanol–water partition coefficient (Wildman–Crippen LogP) is 3.50. The fourth-order valence-corrected chi connectivity index (χ4v) is 3.59. The first kappa shape index (κ1) is 22.3. The number of hydrogen-bond acceptors (Lipinski definition) is 7. The molecule has 2 aromatic rings. The molecular formula is C23H26N4O4. The molecule has 0 aliphatic carbocycles. The van der Waals surface area contributed by atoms with Crippen LogP contribution in [0.3, 0.4) is 0 Å². The topological polar surface area (TPSA) is 97.4 Å². The monoisotopic (exact) mass is 422 g/mol. The molecule has 8 nitrogen and oxygen atoms in total. The summed E-state index contributed by atoms with van der Waals surface area (Å²) in [7, 11) is 1.95. The molecule has 0 amide bonds. The van der Waals surface area contributed by atoms with E-state index in [0.717, 1.165) is 6.54 Å². The normalized spacial score (nSPS) is 18.3. The van der Waals surface area contributed by atoms with Crippen LogP contribution in [0.4, 0.5) is 5.69 Å². The van der Waals surface area contributed by atoms with Gasteiger partial charge in [-0.15, -0.1) is 0 Å². The van der Waals surface area contributed by atoms with Gasteiger partial charge in [-0.05, 0) is 32.5 Å². The molecule has 0 N–H and O–H groups in total. The van der Waals surface area contributed by atoms with Crippen LogP contribution >= 0.6 is 0 Å². The van der Waals surface area contributed by atoms with Gasteiger partial charge in [-0.3, -0.25) is 29.8 Å². The van der Waals surface area contributed by atoms with Crippen LogP contribution in [0.2, 0.25) is 0 Å². The third kappa shape index (κ3) is 5.61. The van der Waals surface area contributed by atoms with Crippen molar-refractivity contribution in [2.24, 2.45) is 15.9 Å². The summed E-state index contributed by atoms with van der Waals surface area (Å²) in [4.78, 5) is 34.9. The average molecular weight is 422 g/mol. The Labute approximate surface area is 181 Å². The average Bonchev–Trinajstić information content (AvgIpc) is 2.73. The quantitative estimate of drug-likeness (QED) is 0.368. The molecule has 1 heterocycles. The lowest BCUT2D eigenvalue weighted by molar-refractivity contribution is -0.385. The SMILES string of the molecule is CC1=NC(C)N=C(c2ccccc2[N+](=O)[O-])C1C(=O)OCCN(C)Cc1ccccc1. The lowest BCUT2D eigenvalue weighted by atomic mass is 9.90. The van der Waals surface area contributed by atoms with Crippen LogP contribution in [-0.2, 0) is 16.1 Å². The Morgan fingerprint density at radius 2 is 1.81 bits per heavy atom. The Kier molecular flexibility index (Phi) is 7.25. The first-order valence-electron chi connectivity index (χ1n) is 10.1. The fourth-order valence-electron chi connectivity index (χ4n) is 3.59. The highest BCUT2D eigenvalue weighted by Gasteiger charge is 2.36. The summed E-state index contributed by atoms with van der Waals surface area (Å²) in [6, 6.07) is 16.3. The van der Waals surface area contributed by atoms with Crippen molar-refractivity contribution >= 4 is 23.1 Å². The molecule has 162 valence electrons. The largest absolute Gasteiger partial charge is 0.464 e. The molecule has 1 aliphatic rings. The van der Waals surface area contributed by atoms with Crippen LogP contribution in [-0.4, -0.2) is 53.6 Å². The number of nitro groups is 1. The van der Waals surface area contributed by atoms with Gasteiger partial charge in [-0.2, -0.15) is 0 Å². The van der Waals surface area contributed by atoms with E-state index in [9.17, 15) is 14.9 Å². The summed E-state index contributed by atoms with van der Waals surface area (Å²) in [5.41, 5.74) is 2.26. The molecule has 0 radical (unpaired) electrons. The minimum atomic E-state index is -0.864. The van der Waals surface area contributed by atoms with Crippen molar-refractivity contribution in [3.05, 3.63) is 75.8 Å². The van der Waals surface area contributed by atoms with Crippen molar-refractivity contribution in [3.8, 4) is 0 Å². The summed E-state index contributed by atoms with van der Waals surface area (Å²) in [6.45, 7) is 5.00. The van der Waals surface area contributed by atoms with Crippen LogP contribution in [0.5, 0.6) is 0 Å². The van der Waals surface area contributed by atoms with Crippen LogP contribution in [0.15, 0.2) is 64.6 Å². The highest BCUT2D eigenvalue weighted by atomic mass is 16.6. The van der Waals surface area contributed by atoms with Gasteiger partial charge in [0.05, 0.1) is 16.2 Å². The number of nitro benzene ring substituents is 1. The van der Waals surface area contributed by atoms with Crippen LogP contribution in [0, 0.1) is 16.0 Å². The van der Waals surface area contributed by atoms with E-state index in [2.05, 4.69) is 14.9 Å². The van der Waals surface area contributed by atoms with Crippen molar-refractivity contribution in [1.82, 2.24) is 4.90 Å². The van der Waals surface area contributed by atoms with Gasteiger partial charge in [0, 0.05) is 24.9 Å². The zero-order valence-electron chi connectivity index (χ0n) is 17.9. The Morgan fingerprint density at radius 1 is 1.13 bits per heavy atom. The number of ether oxygens (including phenoxy) is 1. The molecular weight excluding hydrogens is 396 g/mol. The smallest absolute Gasteiger partial charge is 0.320 e. The van der Waals surface area contributed by atoms with Gasteiger partial charge in [-0.1, -0.05) is 42.5 Å². The van der Waals surface area contributed by atoms with Crippen molar-refractivity contribution < 1.29 is 14.5 Å².